The van der Waals surface area contributed by atoms with Crippen molar-refractivity contribution in [3.05, 3.63) is 45.5 Å². The third kappa shape index (κ3) is 6.95. The predicted octanol–water partition coefficient (Wildman–Crippen LogP) is 1.61. The molecule has 0 bridgehead atoms. The van der Waals surface area contributed by atoms with Gasteiger partial charge in [0.15, 0.2) is 12.2 Å². The lowest BCUT2D eigenvalue weighted by atomic mass is 9.98. The van der Waals surface area contributed by atoms with E-state index >= 15 is 0 Å². The Labute approximate surface area is 215 Å². The summed E-state index contributed by atoms with van der Waals surface area (Å²) in [5.41, 5.74) is 0.889. The fourth-order valence-corrected chi connectivity index (χ4v) is 4.95. The Balaban J connectivity index is 1.42. The van der Waals surface area contributed by atoms with Crippen molar-refractivity contribution in [1.82, 2.24) is 9.80 Å². The van der Waals surface area contributed by atoms with Crippen LogP contribution in [0.4, 0.5) is 0 Å². The number of nitrogens with zero attached hydrogens (tertiary/aromatic N) is 3. The molecule has 0 aromatic heterocycles. The fourth-order valence-electron chi connectivity index (χ4n) is 4.95. The van der Waals surface area contributed by atoms with E-state index in [1.54, 1.807) is 24.3 Å². The van der Waals surface area contributed by atoms with Gasteiger partial charge in [-0.1, -0.05) is 31.5 Å². The first kappa shape index (κ1) is 27.2. The molecule has 3 aliphatic heterocycles. The number of ether oxygens (including phenoxy) is 4. The minimum absolute atomic E-state index is 0.0245. The normalized spacial score (nSPS) is 26.9. The Bertz CT molecular complexity index is 953. The third-order valence-corrected chi connectivity index (χ3v) is 7.01. The summed E-state index contributed by atoms with van der Waals surface area (Å²) in [7, 11) is 2.06. The van der Waals surface area contributed by atoms with E-state index in [0.29, 0.717) is 17.5 Å². The maximum atomic E-state index is 13.3. The highest BCUT2D eigenvalue weighted by Crippen LogP contribution is 2.32. The molecule has 3 heterocycles. The monoisotopic (exact) mass is 521 g/mol. The Hall–Kier alpha value is -2.80. The van der Waals surface area contributed by atoms with E-state index in [2.05, 4.69) is 28.6 Å². The molecule has 12 nitrogen and oxygen atoms in total. The molecular weight excluding hydrogens is 486 g/mol. The summed E-state index contributed by atoms with van der Waals surface area (Å²) in [6.45, 7) is 5.68. The molecule has 12 heteroatoms. The molecule has 0 radical (unpaired) electrons. The van der Waals surface area contributed by atoms with Crippen molar-refractivity contribution in [2.75, 3.05) is 53.0 Å². The zero-order valence-corrected chi connectivity index (χ0v) is 21.3. The summed E-state index contributed by atoms with van der Waals surface area (Å²) in [5, 5.41) is 9.83. The van der Waals surface area contributed by atoms with Crippen LogP contribution in [0.5, 0.6) is 0 Å². The van der Waals surface area contributed by atoms with E-state index in [4.69, 9.17) is 18.9 Å². The van der Waals surface area contributed by atoms with Gasteiger partial charge >= 0.3 is 11.9 Å². The highest BCUT2D eigenvalue weighted by atomic mass is 17.0. The molecule has 3 saturated heterocycles. The van der Waals surface area contributed by atoms with Crippen LogP contribution in [0.25, 0.3) is 0 Å². The van der Waals surface area contributed by atoms with E-state index < -0.39 is 41.6 Å². The van der Waals surface area contributed by atoms with Gasteiger partial charge in [-0.05, 0) is 26.0 Å². The topological polar surface area (TPSA) is 130 Å². The second-order valence-electron chi connectivity index (χ2n) is 9.69. The number of benzene rings is 1. The first-order chi connectivity index (χ1) is 17.9. The number of carbonyl (C=O) groups is 2. The second-order valence-corrected chi connectivity index (χ2v) is 9.69. The first-order valence-corrected chi connectivity index (χ1v) is 12.8. The Morgan fingerprint density at radius 3 is 2.49 bits per heavy atom. The first-order valence-electron chi connectivity index (χ1n) is 12.8. The second kappa shape index (κ2) is 12.6. The third-order valence-electron chi connectivity index (χ3n) is 7.01. The molecule has 0 spiro atoms. The lowest BCUT2D eigenvalue weighted by molar-refractivity contribution is -0.769. The van der Waals surface area contributed by atoms with Crippen molar-refractivity contribution >= 4 is 11.9 Å². The summed E-state index contributed by atoms with van der Waals surface area (Å²) in [4.78, 5) is 45.7. The van der Waals surface area contributed by atoms with Gasteiger partial charge in [-0.25, -0.2) is 4.79 Å². The number of rotatable bonds is 11. The van der Waals surface area contributed by atoms with Gasteiger partial charge in [0.25, 0.3) is 5.09 Å². The quantitative estimate of drug-likeness (QED) is 0.239. The number of carbonyl (C=O) groups excluding carboxylic acids is 2. The Morgan fingerprint density at radius 1 is 1.11 bits per heavy atom. The Kier molecular flexibility index (Phi) is 9.30. The molecule has 4 rings (SSSR count). The van der Waals surface area contributed by atoms with Crippen molar-refractivity contribution in [1.29, 1.82) is 0 Å². The number of hydrogen-bond acceptors (Lipinski definition) is 11. The Morgan fingerprint density at radius 2 is 1.78 bits per heavy atom. The number of unbranched alkanes of at least 4 members (excludes halogenated alkanes) is 1. The van der Waals surface area contributed by atoms with Gasteiger partial charge in [0.2, 0.25) is 0 Å². The average Bonchev–Trinajstić information content (AvgIpc) is 3.46. The lowest BCUT2D eigenvalue weighted by Gasteiger charge is -2.32. The van der Waals surface area contributed by atoms with Crippen LogP contribution in [0.3, 0.4) is 0 Å². The minimum Gasteiger partial charge on any atom is -0.457 e. The number of piperazine rings is 1. The molecule has 3 fully saturated rings. The zero-order chi connectivity index (χ0) is 26.4. The summed E-state index contributed by atoms with van der Waals surface area (Å²) >= 11 is 0. The minimum atomic E-state index is -0.878. The van der Waals surface area contributed by atoms with Gasteiger partial charge in [0, 0.05) is 31.7 Å². The van der Waals surface area contributed by atoms with Crippen LogP contribution in [0, 0.1) is 10.1 Å². The highest BCUT2D eigenvalue weighted by molar-refractivity contribution is 5.91. The number of esters is 2. The van der Waals surface area contributed by atoms with Gasteiger partial charge in [-0.2, -0.15) is 0 Å². The van der Waals surface area contributed by atoms with Gasteiger partial charge < -0.3 is 28.7 Å². The smallest absolute Gasteiger partial charge is 0.339 e. The molecular formula is C25H35N3O9. The summed E-state index contributed by atoms with van der Waals surface area (Å²) in [6, 6.07) is 6.95. The molecule has 0 amide bonds. The molecule has 0 N–H and O–H groups in total. The van der Waals surface area contributed by atoms with Gasteiger partial charge in [-0.15, -0.1) is 10.1 Å². The maximum Gasteiger partial charge on any atom is 0.339 e. The molecule has 0 aliphatic carbocycles. The van der Waals surface area contributed by atoms with Crippen LogP contribution in [-0.4, -0.2) is 104 Å². The number of fused-ring (bicyclic) bond motifs is 1. The van der Waals surface area contributed by atoms with Gasteiger partial charge in [-0.3, -0.25) is 9.69 Å². The van der Waals surface area contributed by atoms with Crippen LogP contribution in [-0.2, 0) is 28.6 Å². The number of hydrogen-bond donors (Lipinski definition) is 0. The summed E-state index contributed by atoms with van der Waals surface area (Å²) in [5.74, 6) is -0.916. The zero-order valence-electron chi connectivity index (χ0n) is 21.3. The van der Waals surface area contributed by atoms with Crippen LogP contribution in [0.1, 0.15) is 48.2 Å². The predicted molar refractivity (Wildman–Crippen MR) is 129 cm³/mol. The van der Waals surface area contributed by atoms with Crippen molar-refractivity contribution in [2.45, 2.75) is 56.7 Å². The van der Waals surface area contributed by atoms with Crippen LogP contribution in [0.15, 0.2) is 24.3 Å². The fraction of sp³-hybridized carbons (Fsp3) is 0.680. The standard InChI is InChI=1S/C25H35N3O9/c1-3-4-9-19(35-22(29)14-27-12-10-26(2)11-13-27)17-7-5-6-8-18(17)25(30)36-20-15-33-24-21(37-28(31)32)16-34-23(20)24/h5-8,19-21,23-24H,3-4,9-16H2,1-2H3/t19-,20+,21-,23+,24+/m0/s1. The molecule has 37 heavy (non-hydrogen) atoms. The average molecular weight is 522 g/mol. The number of likely N-dealkylation sites (N-methyl/N-ethyl adjacent to an activating group) is 1. The van der Waals surface area contributed by atoms with Crippen molar-refractivity contribution in [2.24, 2.45) is 0 Å². The lowest BCUT2D eigenvalue weighted by Crippen LogP contribution is -2.46. The highest BCUT2D eigenvalue weighted by Gasteiger charge is 2.51. The maximum absolute atomic E-state index is 13.3. The molecule has 0 saturated carbocycles. The molecule has 3 aliphatic rings. The van der Waals surface area contributed by atoms with E-state index in [9.17, 15) is 19.7 Å². The van der Waals surface area contributed by atoms with E-state index in [-0.39, 0.29) is 25.7 Å². The molecule has 204 valence electrons. The molecule has 1 aromatic rings. The van der Waals surface area contributed by atoms with Crippen molar-refractivity contribution < 1.29 is 38.5 Å². The summed E-state index contributed by atoms with van der Waals surface area (Å²) < 4.78 is 22.8. The van der Waals surface area contributed by atoms with E-state index in [0.717, 1.165) is 39.0 Å². The van der Waals surface area contributed by atoms with Crippen LogP contribution in [0.2, 0.25) is 0 Å². The van der Waals surface area contributed by atoms with Gasteiger partial charge in [0.05, 0.1) is 25.3 Å². The summed E-state index contributed by atoms with van der Waals surface area (Å²) in [6.07, 6.45) is -1.22. The molecule has 1 aromatic carbocycles. The van der Waals surface area contributed by atoms with Crippen molar-refractivity contribution in [3.63, 3.8) is 0 Å². The van der Waals surface area contributed by atoms with Gasteiger partial charge in [0.1, 0.15) is 18.3 Å². The van der Waals surface area contributed by atoms with E-state index in [1.165, 1.54) is 0 Å². The van der Waals surface area contributed by atoms with Crippen molar-refractivity contribution in [3.8, 4) is 0 Å². The molecule has 0 unspecified atom stereocenters. The van der Waals surface area contributed by atoms with Crippen LogP contribution >= 0.6 is 0 Å². The SMILES string of the molecule is CCCC[C@H](OC(=O)CN1CCN(C)CC1)c1ccccc1C(=O)O[C@@H]1CO[C@H]2[C@@H]1OC[C@@H]2O[N+](=O)[O-]. The van der Waals surface area contributed by atoms with E-state index in [1.807, 2.05) is 0 Å². The molecule has 5 atom stereocenters. The van der Waals surface area contributed by atoms with Crippen LogP contribution < -0.4 is 0 Å². The largest absolute Gasteiger partial charge is 0.457 e.